The first-order valence-electron chi connectivity index (χ1n) is 7.98. The number of rotatable bonds is 3. The number of ether oxygens (including phenoxy) is 1. The fourth-order valence-corrected chi connectivity index (χ4v) is 3.85. The molecular formula is C18H19ClN2O4S. The van der Waals surface area contributed by atoms with E-state index in [9.17, 15) is 13.2 Å². The third-order valence-electron chi connectivity index (χ3n) is 4.35. The molecule has 3 rings (SSSR count). The van der Waals surface area contributed by atoms with Crippen LogP contribution in [-0.4, -0.2) is 33.2 Å². The lowest BCUT2D eigenvalue weighted by Gasteiger charge is -2.34. The van der Waals surface area contributed by atoms with E-state index in [1.165, 1.54) is 6.07 Å². The fourth-order valence-electron chi connectivity index (χ4n) is 2.77. The zero-order chi connectivity index (χ0) is 19.1. The molecule has 2 aromatic carbocycles. The lowest BCUT2D eigenvalue weighted by molar-refractivity contribution is -0.122. The van der Waals surface area contributed by atoms with E-state index in [0.29, 0.717) is 22.1 Å². The second kappa shape index (κ2) is 6.81. The molecule has 1 atom stereocenters. The quantitative estimate of drug-likeness (QED) is 0.867. The third-order valence-corrected chi connectivity index (χ3v) is 5.73. The lowest BCUT2D eigenvalue weighted by Crippen LogP contribution is -2.48. The number of hydrogen-bond acceptors (Lipinski definition) is 4. The Balaban J connectivity index is 1.91. The minimum atomic E-state index is -3.60. The summed E-state index contributed by atoms with van der Waals surface area (Å²) in [5.74, 6) is -0.111. The lowest BCUT2D eigenvalue weighted by atomic mass is 10.1. The molecule has 1 aliphatic heterocycles. The van der Waals surface area contributed by atoms with Crippen molar-refractivity contribution in [3.8, 4) is 5.75 Å². The molecule has 1 heterocycles. The van der Waals surface area contributed by atoms with E-state index in [2.05, 4.69) is 5.32 Å². The Hall–Kier alpha value is -2.25. The van der Waals surface area contributed by atoms with Crippen molar-refractivity contribution in [1.29, 1.82) is 0 Å². The highest BCUT2D eigenvalue weighted by atomic mass is 35.5. The molecule has 1 aliphatic rings. The Labute approximate surface area is 157 Å². The highest BCUT2D eigenvalue weighted by molar-refractivity contribution is 7.92. The molecule has 1 amide bonds. The number of nitrogens with one attached hydrogen (secondary N) is 1. The number of amides is 1. The number of halogens is 1. The molecule has 26 heavy (non-hydrogen) atoms. The number of benzene rings is 2. The Kier molecular flexibility index (Phi) is 4.86. The molecule has 0 saturated carbocycles. The van der Waals surface area contributed by atoms with E-state index in [0.717, 1.165) is 21.7 Å². The first-order chi connectivity index (χ1) is 12.2. The van der Waals surface area contributed by atoms with Crippen LogP contribution >= 0.6 is 11.6 Å². The van der Waals surface area contributed by atoms with Gasteiger partial charge < -0.3 is 10.1 Å². The summed E-state index contributed by atoms with van der Waals surface area (Å²) in [4.78, 5) is 12.7. The van der Waals surface area contributed by atoms with Crippen molar-refractivity contribution in [2.75, 3.05) is 22.4 Å². The minimum Gasteiger partial charge on any atom is -0.476 e. The summed E-state index contributed by atoms with van der Waals surface area (Å²) in [5, 5.41) is 3.21. The molecule has 0 aliphatic carbocycles. The maximum atomic E-state index is 12.7. The normalized spacial score (nSPS) is 16.6. The molecule has 8 heteroatoms. The van der Waals surface area contributed by atoms with Crippen LogP contribution in [0.2, 0.25) is 5.02 Å². The Morgan fingerprint density at radius 2 is 2.00 bits per heavy atom. The first kappa shape index (κ1) is 18.5. The van der Waals surface area contributed by atoms with Gasteiger partial charge in [-0.3, -0.25) is 9.10 Å². The summed E-state index contributed by atoms with van der Waals surface area (Å²) < 4.78 is 31.2. The summed E-state index contributed by atoms with van der Waals surface area (Å²) in [5.41, 5.74) is 3.00. The average molecular weight is 395 g/mol. The standard InChI is InChI=1S/C18H19ClN2O4S/c1-11-5-4-6-14(12(11)2)20-18(22)17-10-21(26(3,23)24)15-9-13(19)7-8-16(15)25-17/h4-9,17H,10H2,1-3H3,(H,20,22)/t17-/m0/s1. The number of aryl methyl sites for hydroxylation is 1. The van der Waals surface area contributed by atoms with Crippen LogP contribution < -0.4 is 14.4 Å². The number of carbonyl (C=O) groups is 1. The van der Waals surface area contributed by atoms with Crippen LogP contribution in [0, 0.1) is 13.8 Å². The minimum absolute atomic E-state index is 0.122. The average Bonchev–Trinajstić information content (AvgIpc) is 2.57. The number of sulfonamides is 1. The second-order valence-electron chi connectivity index (χ2n) is 6.25. The van der Waals surface area contributed by atoms with E-state index in [4.69, 9.17) is 16.3 Å². The van der Waals surface area contributed by atoms with Crippen LogP contribution in [-0.2, 0) is 14.8 Å². The Bertz CT molecular complexity index is 975. The SMILES string of the molecule is Cc1cccc(NC(=O)[C@@H]2CN(S(C)(=O)=O)c3cc(Cl)ccc3O2)c1C. The van der Waals surface area contributed by atoms with Crippen molar-refractivity contribution in [1.82, 2.24) is 0 Å². The molecule has 0 aromatic heterocycles. The monoisotopic (exact) mass is 394 g/mol. The van der Waals surface area contributed by atoms with Crippen molar-refractivity contribution in [2.45, 2.75) is 20.0 Å². The molecule has 0 radical (unpaired) electrons. The molecule has 0 unspecified atom stereocenters. The molecule has 0 spiro atoms. The maximum Gasteiger partial charge on any atom is 0.267 e. The van der Waals surface area contributed by atoms with E-state index < -0.39 is 22.0 Å². The van der Waals surface area contributed by atoms with Gasteiger partial charge in [-0.15, -0.1) is 0 Å². The molecular weight excluding hydrogens is 376 g/mol. The van der Waals surface area contributed by atoms with Crippen LogP contribution in [0.1, 0.15) is 11.1 Å². The molecule has 2 aromatic rings. The van der Waals surface area contributed by atoms with Crippen molar-refractivity contribution >= 4 is 38.9 Å². The van der Waals surface area contributed by atoms with Gasteiger partial charge in [0, 0.05) is 10.7 Å². The molecule has 0 bridgehead atoms. The summed E-state index contributed by atoms with van der Waals surface area (Å²) in [6.07, 6.45) is 0.112. The van der Waals surface area contributed by atoms with Gasteiger partial charge in [-0.25, -0.2) is 8.42 Å². The van der Waals surface area contributed by atoms with E-state index in [1.807, 2.05) is 26.0 Å². The number of anilines is 2. The number of hydrogen-bond donors (Lipinski definition) is 1. The van der Waals surface area contributed by atoms with Crippen LogP contribution in [0.3, 0.4) is 0 Å². The van der Waals surface area contributed by atoms with Gasteiger partial charge in [0.1, 0.15) is 5.75 Å². The largest absolute Gasteiger partial charge is 0.476 e. The first-order valence-corrected chi connectivity index (χ1v) is 10.2. The molecule has 0 saturated heterocycles. The highest BCUT2D eigenvalue weighted by Gasteiger charge is 2.35. The second-order valence-corrected chi connectivity index (χ2v) is 8.59. The summed E-state index contributed by atoms with van der Waals surface area (Å²) in [7, 11) is -3.60. The summed E-state index contributed by atoms with van der Waals surface area (Å²) >= 11 is 5.97. The van der Waals surface area contributed by atoms with Gasteiger partial charge in [-0.05, 0) is 49.2 Å². The molecule has 138 valence electrons. The number of carbonyl (C=O) groups excluding carboxylic acids is 1. The van der Waals surface area contributed by atoms with Crippen molar-refractivity contribution in [3.63, 3.8) is 0 Å². The zero-order valence-electron chi connectivity index (χ0n) is 14.6. The van der Waals surface area contributed by atoms with Crippen LogP contribution in [0.15, 0.2) is 36.4 Å². The fraction of sp³-hybridized carbons (Fsp3) is 0.278. The summed E-state index contributed by atoms with van der Waals surface area (Å²) in [6.45, 7) is 3.74. The zero-order valence-corrected chi connectivity index (χ0v) is 16.2. The van der Waals surface area contributed by atoms with Gasteiger partial charge in [-0.1, -0.05) is 23.7 Å². The molecule has 6 nitrogen and oxygen atoms in total. The topological polar surface area (TPSA) is 75.7 Å². The predicted molar refractivity (Wildman–Crippen MR) is 103 cm³/mol. The van der Waals surface area contributed by atoms with Crippen molar-refractivity contribution in [3.05, 3.63) is 52.5 Å². The highest BCUT2D eigenvalue weighted by Crippen LogP contribution is 2.37. The van der Waals surface area contributed by atoms with Gasteiger partial charge >= 0.3 is 0 Å². The summed E-state index contributed by atoms with van der Waals surface area (Å²) in [6, 6.07) is 10.3. The van der Waals surface area contributed by atoms with Gasteiger partial charge in [0.15, 0.2) is 6.10 Å². The maximum absolute atomic E-state index is 12.7. The molecule has 1 N–H and O–H groups in total. The predicted octanol–water partition coefficient (Wildman–Crippen LogP) is 3.12. The van der Waals surface area contributed by atoms with E-state index >= 15 is 0 Å². The smallest absolute Gasteiger partial charge is 0.267 e. The van der Waals surface area contributed by atoms with Crippen molar-refractivity contribution in [2.24, 2.45) is 0 Å². The third kappa shape index (κ3) is 3.64. The van der Waals surface area contributed by atoms with Crippen LogP contribution in [0.5, 0.6) is 5.75 Å². The van der Waals surface area contributed by atoms with Gasteiger partial charge in [0.05, 0.1) is 18.5 Å². The number of nitrogens with zero attached hydrogens (tertiary/aromatic N) is 1. The van der Waals surface area contributed by atoms with Crippen LogP contribution in [0.25, 0.3) is 0 Å². The number of fused-ring (bicyclic) bond motifs is 1. The van der Waals surface area contributed by atoms with Gasteiger partial charge in [-0.2, -0.15) is 0 Å². The van der Waals surface area contributed by atoms with Gasteiger partial charge in [0.25, 0.3) is 5.91 Å². The van der Waals surface area contributed by atoms with Gasteiger partial charge in [0.2, 0.25) is 10.0 Å². The Morgan fingerprint density at radius 1 is 1.27 bits per heavy atom. The Morgan fingerprint density at radius 3 is 2.69 bits per heavy atom. The molecule has 0 fully saturated rings. The van der Waals surface area contributed by atoms with Crippen molar-refractivity contribution < 1.29 is 17.9 Å². The van der Waals surface area contributed by atoms with E-state index in [1.54, 1.807) is 18.2 Å². The van der Waals surface area contributed by atoms with Crippen LogP contribution in [0.4, 0.5) is 11.4 Å². The van der Waals surface area contributed by atoms with E-state index in [-0.39, 0.29) is 6.54 Å².